The first-order valence-corrected chi connectivity index (χ1v) is 11.5. The molecule has 0 spiro atoms. The number of aromatic nitrogens is 1. The van der Waals surface area contributed by atoms with E-state index in [2.05, 4.69) is 0 Å². The zero-order valence-electron chi connectivity index (χ0n) is 15.3. The van der Waals surface area contributed by atoms with Gasteiger partial charge in [0.25, 0.3) is 20.2 Å². The maximum Gasteiger partial charge on any atom is 0.296 e. The second kappa shape index (κ2) is 7.03. The Kier molecular flexibility index (Phi) is 4.74. The van der Waals surface area contributed by atoms with Crippen LogP contribution in [-0.2, 0) is 26.8 Å². The fourth-order valence-electron chi connectivity index (χ4n) is 3.61. The van der Waals surface area contributed by atoms with Gasteiger partial charge in [0.1, 0.15) is 9.79 Å². The molecule has 4 aromatic rings. The summed E-state index contributed by atoms with van der Waals surface area (Å²) in [6.07, 6.45) is 0. The quantitative estimate of drug-likeness (QED) is 0.356. The molecule has 0 aliphatic carbocycles. The molecule has 4 rings (SSSR count). The number of benzene rings is 3. The van der Waals surface area contributed by atoms with E-state index in [0.717, 1.165) is 40.0 Å². The van der Waals surface area contributed by atoms with E-state index in [1.54, 1.807) is 28.8 Å². The van der Waals surface area contributed by atoms with Gasteiger partial charge in [-0.25, -0.2) is 0 Å². The molecule has 10 heteroatoms. The molecule has 3 aromatic carbocycles. The van der Waals surface area contributed by atoms with E-state index in [9.17, 15) is 30.7 Å². The summed E-state index contributed by atoms with van der Waals surface area (Å²) in [6.45, 7) is -0.314. The predicted octanol–water partition coefficient (Wildman–Crippen LogP) is 3.17. The van der Waals surface area contributed by atoms with Gasteiger partial charge in [-0.2, -0.15) is 16.8 Å². The van der Waals surface area contributed by atoms with Gasteiger partial charge in [0.2, 0.25) is 0 Å². The minimum absolute atomic E-state index is 0.314. The monoisotopic (exact) mass is 445 g/mol. The molecule has 1 heterocycles. The van der Waals surface area contributed by atoms with E-state index < -0.39 is 41.4 Å². The van der Waals surface area contributed by atoms with Crippen LogP contribution in [0.2, 0.25) is 0 Å². The van der Waals surface area contributed by atoms with Crippen molar-refractivity contribution < 1.29 is 30.7 Å². The van der Waals surface area contributed by atoms with E-state index >= 15 is 0 Å². The summed E-state index contributed by atoms with van der Waals surface area (Å²) in [5.74, 6) is -0.750. The minimum atomic E-state index is -5.13. The fraction of sp³-hybridized carbons (Fsp3) is 0.0500. The molecule has 0 atom stereocenters. The number of rotatable bonds is 5. The molecular weight excluding hydrogens is 430 g/mol. The van der Waals surface area contributed by atoms with Crippen molar-refractivity contribution in [2.45, 2.75) is 16.3 Å². The van der Waals surface area contributed by atoms with Gasteiger partial charge >= 0.3 is 0 Å². The second-order valence-electron chi connectivity index (χ2n) is 6.63. The summed E-state index contributed by atoms with van der Waals surface area (Å²) in [4.78, 5) is 10.9. The van der Waals surface area contributed by atoms with Gasteiger partial charge < -0.3 is 4.57 Å². The van der Waals surface area contributed by atoms with Gasteiger partial charge in [0.15, 0.2) is 5.78 Å². The molecule has 0 radical (unpaired) electrons. The Hall–Kier alpha value is -3.05. The zero-order chi connectivity index (χ0) is 21.7. The Morgan fingerprint density at radius 2 is 1.27 bits per heavy atom. The van der Waals surface area contributed by atoms with Crippen LogP contribution in [0.15, 0.2) is 76.5 Å². The third kappa shape index (κ3) is 3.39. The average molecular weight is 445 g/mol. The summed E-state index contributed by atoms with van der Waals surface area (Å²) in [5.41, 5.74) is 0.923. The van der Waals surface area contributed by atoms with Crippen LogP contribution in [-0.4, -0.2) is 36.3 Å². The second-order valence-corrected chi connectivity index (χ2v) is 9.37. The van der Waals surface area contributed by atoms with Crippen molar-refractivity contribution in [2.75, 3.05) is 0 Å². The lowest BCUT2D eigenvalue weighted by Crippen LogP contribution is -2.17. The number of carbonyl (C=O) groups is 1. The first-order chi connectivity index (χ1) is 14.1. The highest BCUT2D eigenvalue weighted by molar-refractivity contribution is 7.89. The van der Waals surface area contributed by atoms with Crippen LogP contribution in [0.3, 0.4) is 0 Å². The maximum atomic E-state index is 13.1. The van der Waals surface area contributed by atoms with Crippen LogP contribution in [0.25, 0.3) is 21.8 Å². The van der Waals surface area contributed by atoms with E-state index in [1.165, 1.54) is 0 Å². The largest absolute Gasteiger partial charge is 0.333 e. The van der Waals surface area contributed by atoms with Gasteiger partial charge in [0, 0.05) is 27.4 Å². The van der Waals surface area contributed by atoms with Gasteiger partial charge in [-0.05, 0) is 24.3 Å². The Labute approximate surface area is 171 Å². The summed E-state index contributed by atoms with van der Waals surface area (Å²) in [6, 6.07) is 17.7. The van der Waals surface area contributed by atoms with Crippen LogP contribution < -0.4 is 0 Å². The Balaban J connectivity index is 1.93. The normalized spacial score (nSPS) is 12.5. The number of fused-ring (bicyclic) bond motifs is 3. The standard InChI is InChI=1S/C20H15NO7S2/c22-18(15-8-5-11-19(29(23,24)25)20(15)30(26,27)28)12-21-16-9-3-1-6-13(16)14-7-2-4-10-17(14)21/h1-11H,12H2,(H,23,24,25)(H,26,27,28). The van der Waals surface area contributed by atoms with Crippen molar-refractivity contribution in [1.29, 1.82) is 0 Å². The number of hydrogen-bond acceptors (Lipinski definition) is 5. The molecule has 0 saturated carbocycles. The number of ketones is 1. The summed E-state index contributed by atoms with van der Waals surface area (Å²) in [5, 5.41) is 1.78. The number of Topliss-reactive ketones (excluding diaryl/α,β-unsaturated/α-hetero) is 1. The van der Waals surface area contributed by atoms with Gasteiger partial charge in [0.05, 0.1) is 6.54 Å². The van der Waals surface area contributed by atoms with Crippen molar-refractivity contribution >= 4 is 47.8 Å². The minimum Gasteiger partial charge on any atom is -0.333 e. The first-order valence-electron chi connectivity index (χ1n) is 8.66. The number of carbonyl (C=O) groups excluding carboxylic acids is 1. The van der Waals surface area contributed by atoms with Crippen molar-refractivity contribution in [2.24, 2.45) is 0 Å². The lowest BCUT2D eigenvalue weighted by molar-refractivity contribution is 0.0971. The Morgan fingerprint density at radius 3 is 1.77 bits per heavy atom. The molecule has 0 amide bonds. The Morgan fingerprint density at radius 1 is 0.733 bits per heavy atom. The lowest BCUT2D eigenvalue weighted by atomic mass is 10.1. The molecular formula is C20H15NO7S2. The lowest BCUT2D eigenvalue weighted by Gasteiger charge is -2.12. The number of para-hydroxylation sites is 2. The molecule has 8 nitrogen and oxygen atoms in total. The van der Waals surface area contributed by atoms with E-state index in [-0.39, 0.29) is 6.54 Å². The molecule has 154 valence electrons. The molecule has 0 unspecified atom stereocenters. The molecule has 1 aromatic heterocycles. The fourth-order valence-corrected chi connectivity index (χ4v) is 5.62. The number of nitrogens with zero attached hydrogens (tertiary/aromatic N) is 1. The van der Waals surface area contributed by atoms with Gasteiger partial charge in [-0.15, -0.1) is 0 Å². The highest BCUT2D eigenvalue weighted by Gasteiger charge is 2.30. The van der Waals surface area contributed by atoms with Crippen molar-refractivity contribution in [1.82, 2.24) is 4.57 Å². The third-order valence-electron chi connectivity index (χ3n) is 4.80. The molecule has 0 aliphatic rings. The third-order valence-corrected chi connectivity index (χ3v) is 6.78. The summed E-state index contributed by atoms with van der Waals surface area (Å²) >= 11 is 0. The van der Waals surface area contributed by atoms with E-state index in [1.807, 2.05) is 24.3 Å². The molecule has 2 N–H and O–H groups in total. The molecule has 30 heavy (non-hydrogen) atoms. The first kappa shape index (κ1) is 20.2. The van der Waals surface area contributed by atoms with Crippen LogP contribution in [0, 0.1) is 0 Å². The van der Waals surface area contributed by atoms with Gasteiger partial charge in [-0.3, -0.25) is 13.9 Å². The zero-order valence-corrected chi connectivity index (χ0v) is 16.9. The molecule has 0 saturated heterocycles. The molecule has 0 aliphatic heterocycles. The van der Waals surface area contributed by atoms with Gasteiger partial charge in [-0.1, -0.05) is 42.5 Å². The summed E-state index contributed by atoms with van der Waals surface area (Å²) in [7, 11) is -10.1. The van der Waals surface area contributed by atoms with Crippen LogP contribution in [0.5, 0.6) is 0 Å². The molecule has 0 bridgehead atoms. The van der Waals surface area contributed by atoms with Crippen LogP contribution in [0.1, 0.15) is 10.4 Å². The van der Waals surface area contributed by atoms with E-state index in [0.29, 0.717) is 0 Å². The van der Waals surface area contributed by atoms with Crippen LogP contribution in [0.4, 0.5) is 0 Å². The van der Waals surface area contributed by atoms with Crippen molar-refractivity contribution in [3.63, 3.8) is 0 Å². The smallest absolute Gasteiger partial charge is 0.296 e. The number of hydrogen-bond donors (Lipinski definition) is 2. The average Bonchev–Trinajstić information content (AvgIpc) is 3.00. The topological polar surface area (TPSA) is 131 Å². The summed E-state index contributed by atoms with van der Waals surface area (Å²) < 4.78 is 67.6. The van der Waals surface area contributed by atoms with Crippen molar-refractivity contribution in [3.8, 4) is 0 Å². The Bertz CT molecular complexity index is 1480. The highest BCUT2D eigenvalue weighted by Crippen LogP contribution is 2.30. The highest BCUT2D eigenvalue weighted by atomic mass is 32.2. The SMILES string of the molecule is O=C(Cn1c2ccccc2c2ccccc21)c1cccc(S(=O)(=O)O)c1S(=O)(=O)O. The maximum absolute atomic E-state index is 13.1. The van der Waals surface area contributed by atoms with Crippen molar-refractivity contribution in [3.05, 3.63) is 72.3 Å². The predicted molar refractivity (Wildman–Crippen MR) is 110 cm³/mol. The van der Waals surface area contributed by atoms with E-state index in [4.69, 9.17) is 0 Å². The molecule has 0 fully saturated rings. The van der Waals surface area contributed by atoms with Crippen LogP contribution >= 0.6 is 0 Å².